The van der Waals surface area contributed by atoms with Crippen LogP contribution in [-0.4, -0.2) is 7.11 Å². The number of benzene rings is 2. The summed E-state index contributed by atoms with van der Waals surface area (Å²) >= 11 is 0. The minimum Gasteiger partial charge on any atom is -0.497 e. The maximum Gasteiger partial charge on any atom is 0.118 e. The quantitative estimate of drug-likeness (QED) is 0.713. The third-order valence-corrected chi connectivity index (χ3v) is 3.02. The van der Waals surface area contributed by atoms with E-state index >= 15 is 0 Å². The first-order valence-corrected chi connectivity index (χ1v) is 6.27. The Labute approximate surface area is 114 Å². The molecule has 0 atom stereocenters. The minimum absolute atomic E-state index is 0.870. The minimum atomic E-state index is 0.870. The maximum absolute atomic E-state index is 5.13. The van der Waals surface area contributed by atoms with E-state index in [0.29, 0.717) is 0 Å². The normalized spacial score (nSPS) is 10.6. The molecule has 0 spiro atoms. The van der Waals surface area contributed by atoms with Crippen LogP contribution >= 0.6 is 0 Å². The van der Waals surface area contributed by atoms with Crippen LogP contribution in [0.4, 0.5) is 0 Å². The van der Waals surface area contributed by atoms with Crippen molar-refractivity contribution in [2.75, 3.05) is 7.11 Å². The molecule has 0 bridgehead atoms. The largest absolute Gasteiger partial charge is 0.497 e. The first-order valence-electron chi connectivity index (χ1n) is 6.27. The zero-order chi connectivity index (χ0) is 13.7. The molecule has 0 N–H and O–H groups in total. The summed E-state index contributed by atoms with van der Waals surface area (Å²) < 4.78 is 5.13. The lowest BCUT2D eigenvalue weighted by Crippen LogP contribution is -1.82. The topological polar surface area (TPSA) is 9.23 Å². The lowest BCUT2D eigenvalue weighted by atomic mass is 10.0. The molecule has 2 aromatic rings. The number of methoxy groups -OCH3 is 1. The predicted molar refractivity (Wildman–Crippen MR) is 82.2 cm³/mol. The Hall–Kier alpha value is -2.28. The first kappa shape index (κ1) is 13.2. The molecule has 0 saturated carbocycles. The zero-order valence-corrected chi connectivity index (χ0v) is 11.4. The van der Waals surface area contributed by atoms with E-state index in [4.69, 9.17) is 4.74 Å². The fourth-order valence-corrected chi connectivity index (χ4v) is 1.78. The summed E-state index contributed by atoms with van der Waals surface area (Å²) in [5.74, 6) is 0.870. The van der Waals surface area contributed by atoms with E-state index in [1.165, 1.54) is 5.56 Å². The lowest BCUT2D eigenvalue weighted by Gasteiger charge is -2.02. The monoisotopic (exact) mass is 250 g/mol. The molecule has 0 radical (unpaired) electrons. The second kappa shape index (κ2) is 6.05. The van der Waals surface area contributed by atoms with Crippen LogP contribution in [0.1, 0.15) is 16.7 Å². The lowest BCUT2D eigenvalue weighted by molar-refractivity contribution is 0.415. The molecule has 19 heavy (non-hydrogen) atoms. The smallest absolute Gasteiger partial charge is 0.118 e. The Morgan fingerprint density at radius 1 is 1.00 bits per heavy atom. The van der Waals surface area contributed by atoms with Crippen molar-refractivity contribution in [2.45, 2.75) is 6.92 Å². The molecule has 0 heterocycles. The molecule has 96 valence electrons. The molecule has 0 saturated heterocycles. The maximum atomic E-state index is 5.13. The predicted octanol–water partition coefficient (Wildman–Crippen LogP) is 4.73. The van der Waals surface area contributed by atoms with Crippen LogP contribution in [0.25, 0.3) is 11.6 Å². The van der Waals surface area contributed by atoms with Gasteiger partial charge < -0.3 is 4.74 Å². The van der Waals surface area contributed by atoms with E-state index in [1.54, 1.807) is 7.11 Å². The summed E-state index contributed by atoms with van der Waals surface area (Å²) in [5.41, 5.74) is 4.55. The van der Waals surface area contributed by atoms with Gasteiger partial charge in [0.25, 0.3) is 0 Å². The van der Waals surface area contributed by atoms with Gasteiger partial charge in [-0.3, -0.25) is 0 Å². The number of hydrogen-bond acceptors (Lipinski definition) is 1. The van der Waals surface area contributed by atoms with Gasteiger partial charge in [-0.1, -0.05) is 60.7 Å². The Bertz CT molecular complexity index is 574. The molecule has 0 fully saturated rings. The Morgan fingerprint density at radius 3 is 2.21 bits per heavy atom. The number of rotatable bonds is 4. The van der Waals surface area contributed by atoms with E-state index < -0.39 is 0 Å². The van der Waals surface area contributed by atoms with Crippen LogP contribution in [0.15, 0.2) is 61.2 Å². The van der Waals surface area contributed by atoms with Crippen LogP contribution in [0.3, 0.4) is 0 Å². The van der Waals surface area contributed by atoms with Crippen molar-refractivity contribution in [3.63, 3.8) is 0 Å². The van der Waals surface area contributed by atoms with Gasteiger partial charge in [0.05, 0.1) is 7.11 Å². The van der Waals surface area contributed by atoms with E-state index in [9.17, 15) is 0 Å². The van der Waals surface area contributed by atoms with Crippen molar-refractivity contribution < 1.29 is 4.74 Å². The molecule has 0 aliphatic rings. The standard InChI is InChI=1S/C18H18O/c1-14-4-10-17(11-5-14)15(2)6-7-16-8-12-18(19-3)13-9-16/h4-13H,2H2,1,3H3/b7-6+. The third-order valence-electron chi connectivity index (χ3n) is 3.02. The number of hydrogen-bond donors (Lipinski definition) is 0. The second-order valence-electron chi connectivity index (χ2n) is 4.50. The zero-order valence-electron chi connectivity index (χ0n) is 11.4. The SMILES string of the molecule is C=C(/C=C/c1ccc(OC)cc1)c1ccc(C)cc1. The summed E-state index contributed by atoms with van der Waals surface area (Å²) in [7, 11) is 1.67. The fraction of sp³-hybridized carbons (Fsp3) is 0.111. The molecule has 0 amide bonds. The van der Waals surface area contributed by atoms with Crippen LogP contribution in [0.5, 0.6) is 5.75 Å². The molecule has 1 nitrogen and oxygen atoms in total. The average molecular weight is 250 g/mol. The van der Waals surface area contributed by atoms with Crippen LogP contribution in [0.2, 0.25) is 0 Å². The number of ether oxygens (including phenoxy) is 1. The van der Waals surface area contributed by atoms with Gasteiger partial charge >= 0.3 is 0 Å². The highest BCUT2D eigenvalue weighted by Gasteiger charge is 1.95. The van der Waals surface area contributed by atoms with Gasteiger partial charge in [0, 0.05) is 0 Å². The Morgan fingerprint density at radius 2 is 1.63 bits per heavy atom. The van der Waals surface area contributed by atoms with Gasteiger partial charge in [-0.25, -0.2) is 0 Å². The molecule has 1 heteroatoms. The molecular formula is C18H18O. The van der Waals surface area contributed by atoms with Crippen molar-refractivity contribution in [3.05, 3.63) is 77.9 Å². The number of allylic oxidation sites excluding steroid dienone is 2. The van der Waals surface area contributed by atoms with Gasteiger partial charge in [-0.05, 0) is 35.8 Å². The second-order valence-corrected chi connectivity index (χ2v) is 4.50. The fourth-order valence-electron chi connectivity index (χ4n) is 1.78. The summed E-state index contributed by atoms with van der Waals surface area (Å²) in [6.07, 6.45) is 4.09. The van der Waals surface area contributed by atoms with E-state index in [1.807, 2.05) is 30.3 Å². The number of aryl methyl sites for hydroxylation is 1. The van der Waals surface area contributed by atoms with Crippen LogP contribution in [0, 0.1) is 6.92 Å². The van der Waals surface area contributed by atoms with Crippen molar-refractivity contribution in [3.8, 4) is 5.75 Å². The van der Waals surface area contributed by atoms with Crippen molar-refractivity contribution in [1.82, 2.24) is 0 Å². The van der Waals surface area contributed by atoms with E-state index in [-0.39, 0.29) is 0 Å². The van der Waals surface area contributed by atoms with E-state index in [2.05, 4.69) is 43.8 Å². The first-order chi connectivity index (χ1) is 9.19. The summed E-state index contributed by atoms with van der Waals surface area (Å²) in [6.45, 7) is 6.17. The highest BCUT2D eigenvalue weighted by Crippen LogP contribution is 2.17. The summed E-state index contributed by atoms with van der Waals surface area (Å²) in [4.78, 5) is 0. The van der Waals surface area contributed by atoms with Gasteiger partial charge in [0.2, 0.25) is 0 Å². The van der Waals surface area contributed by atoms with Crippen LogP contribution < -0.4 is 4.74 Å². The summed E-state index contributed by atoms with van der Waals surface area (Å²) in [5, 5.41) is 0. The van der Waals surface area contributed by atoms with Gasteiger partial charge in [-0.2, -0.15) is 0 Å². The molecule has 0 aromatic heterocycles. The Balaban J connectivity index is 2.08. The Kier molecular flexibility index (Phi) is 4.19. The van der Waals surface area contributed by atoms with Gasteiger partial charge in [-0.15, -0.1) is 0 Å². The molecule has 0 unspecified atom stereocenters. The summed E-state index contributed by atoms with van der Waals surface area (Å²) in [6, 6.07) is 16.3. The van der Waals surface area contributed by atoms with Gasteiger partial charge in [0.15, 0.2) is 0 Å². The van der Waals surface area contributed by atoms with Crippen molar-refractivity contribution in [1.29, 1.82) is 0 Å². The molecule has 0 aliphatic heterocycles. The average Bonchev–Trinajstić information content (AvgIpc) is 2.46. The van der Waals surface area contributed by atoms with Crippen molar-refractivity contribution in [2.24, 2.45) is 0 Å². The molecular weight excluding hydrogens is 232 g/mol. The highest BCUT2D eigenvalue weighted by molar-refractivity contribution is 5.77. The van der Waals surface area contributed by atoms with Crippen LogP contribution in [-0.2, 0) is 0 Å². The third kappa shape index (κ3) is 3.59. The van der Waals surface area contributed by atoms with Crippen molar-refractivity contribution >= 4 is 11.6 Å². The van der Waals surface area contributed by atoms with E-state index in [0.717, 1.165) is 22.4 Å². The molecule has 2 aromatic carbocycles. The molecule has 0 aliphatic carbocycles. The molecule has 2 rings (SSSR count). The highest BCUT2D eigenvalue weighted by atomic mass is 16.5. The van der Waals surface area contributed by atoms with Gasteiger partial charge in [0.1, 0.15) is 5.75 Å².